The van der Waals surface area contributed by atoms with Crippen molar-refractivity contribution in [3.63, 3.8) is 0 Å². The summed E-state index contributed by atoms with van der Waals surface area (Å²) >= 11 is 6.85. The molecule has 6 nitrogen and oxygen atoms in total. The molecule has 2 N–H and O–H groups in total. The van der Waals surface area contributed by atoms with E-state index >= 15 is 0 Å². The van der Waals surface area contributed by atoms with Crippen LogP contribution in [0.3, 0.4) is 0 Å². The van der Waals surface area contributed by atoms with Gasteiger partial charge in [-0.1, -0.05) is 0 Å². The van der Waals surface area contributed by atoms with E-state index in [4.69, 9.17) is 4.74 Å². The summed E-state index contributed by atoms with van der Waals surface area (Å²) < 4.78 is 6.86. The van der Waals surface area contributed by atoms with Crippen molar-refractivity contribution in [2.45, 2.75) is 13.8 Å². The lowest BCUT2D eigenvalue weighted by atomic mass is 10.2. The van der Waals surface area contributed by atoms with Gasteiger partial charge < -0.3 is 4.74 Å². The van der Waals surface area contributed by atoms with Gasteiger partial charge in [0.05, 0.1) is 22.3 Å². The standard InChI is InChI=1S/C14H14Br2N4O2/c1-7-8(2)18-14(19-13(7)21)20-17-6-9-4-10(15)12(22-3)11(16)5-9/h4-6H,1-3H3,(H2,18,19,20,21)/b17-6-. The van der Waals surface area contributed by atoms with Crippen molar-refractivity contribution in [2.75, 3.05) is 12.5 Å². The largest absolute Gasteiger partial charge is 0.494 e. The fourth-order valence-corrected chi connectivity index (χ4v) is 3.26. The Labute approximate surface area is 144 Å². The lowest BCUT2D eigenvalue weighted by Gasteiger charge is -2.07. The highest BCUT2D eigenvalue weighted by atomic mass is 79.9. The van der Waals surface area contributed by atoms with Crippen LogP contribution in [-0.2, 0) is 0 Å². The number of halogens is 2. The summed E-state index contributed by atoms with van der Waals surface area (Å²) in [6, 6.07) is 3.73. The first-order chi connectivity index (χ1) is 10.4. The van der Waals surface area contributed by atoms with Crippen molar-refractivity contribution in [1.82, 2.24) is 9.97 Å². The maximum absolute atomic E-state index is 11.6. The van der Waals surface area contributed by atoms with Crippen LogP contribution in [0.4, 0.5) is 5.95 Å². The van der Waals surface area contributed by atoms with Gasteiger partial charge in [-0.05, 0) is 63.4 Å². The summed E-state index contributed by atoms with van der Waals surface area (Å²) in [7, 11) is 1.60. The number of H-pyrrole nitrogens is 1. The Morgan fingerprint density at radius 3 is 2.50 bits per heavy atom. The molecule has 2 rings (SSSR count). The summed E-state index contributed by atoms with van der Waals surface area (Å²) in [6.07, 6.45) is 1.62. The van der Waals surface area contributed by atoms with Gasteiger partial charge in [-0.25, -0.2) is 10.4 Å². The van der Waals surface area contributed by atoms with Crippen LogP contribution in [0.1, 0.15) is 16.8 Å². The van der Waals surface area contributed by atoms with Crippen LogP contribution in [0.5, 0.6) is 5.75 Å². The number of hydrogen-bond acceptors (Lipinski definition) is 5. The number of methoxy groups -OCH3 is 1. The maximum atomic E-state index is 11.6. The Bertz CT molecular complexity index is 764. The third-order valence-corrected chi connectivity index (χ3v) is 4.18. The molecule has 0 aliphatic carbocycles. The molecule has 0 bridgehead atoms. The normalized spacial score (nSPS) is 11.0. The number of ether oxygens (including phenoxy) is 1. The highest BCUT2D eigenvalue weighted by molar-refractivity contribution is 9.11. The van der Waals surface area contributed by atoms with E-state index in [9.17, 15) is 4.79 Å². The minimum absolute atomic E-state index is 0.180. The highest BCUT2D eigenvalue weighted by Crippen LogP contribution is 2.33. The van der Waals surface area contributed by atoms with Crippen LogP contribution in [0.25, 0.3) is 0 Å². The topological polar surface area (TPSA) is 79.4 Å². The molecule has 8 heteroatoms. The predicted molar refractivity (Wildman–Crippen MR) is 93.9 cm³/mol. The van der Waals surface area contributed by atoms with Gasteiger partial charge in [0.1, 0.15) is 5.75 Å². The molecule has 0 amide bonds. The Kier molecular flexibility index (Phi) is 5.36. The molecular weight excluding hydrogens is 416 g/mol. The molecular formula is C14H14Br2N4O2. The van der Waals surface area contributed by atoms with Crippen molar-refractivity contribution < 1.29 is 4.74 Å². The van der Waals surface area contributed by atoms with E-state index in [1.54, 1.807) is 27.2 Å². The smallest absolute Gasteiger partial charge is 0.255 e. The number of nitrogens with one attached hydrogen (secondary N) is 2. The molecule has 1 aromatic carbocycles. The third kappa shape index (κ3) is 3.75. The molecule has 0 radical (unpaired) electrons. The third-order valence-electron chi connectivity index (χ3n) is 3.00. The first-order valence-electron chi connectivity index (χ1n) is 6.32. The first kappa shape index (κ1) is 16.7. The Hall–Kier alpha value is -1.67. The number of aryl methyl sites for hydroxylation is 1. The average Bonchev–Trinajstić information content (AvgIpc) is 2.44. The van der Waals surface area contributed by atoms with Gasteiger partial charge in [0.2, 0.25) is 5.95 Å². The molecule has 0 saturated heterocycles. The molecule has 22 heavy (non-hydrogen) atoms. The molecule has 0 spiro atoms. The number of nitrogens with zero attached hydrogens (tertiary/aromatic N) is 2. The van der Waals surface area contributed by atoms with Crippen molar-refractivity contribution in [2.24, 2.45) is 5.10 Å². The molecule has 116 valence electrons. The highest BCUT2D eigenvalue weighted by Gasteiger charge is 2.07. The van der Waals surface area contributed by atoms with Crippen LogP contribution in [-0.4, -0.2) is 23.3 Å². The van der Waals surface area contributed by atoms with Crippen molar-refractivity contribution >= 4 is 44.0 Å². The van der Waals surface area contributed by atoms with Gasteiger partial charge in [-0.3, -0.25) is 9.78 Å². The van der Waals surface area contributed by atoms with Crippen molar-refractivity contribution in [3.05, 3.63) is 48.3 Å². The zero-order valence-electron chi connectivity index (χ0n) is 12.2. The summed E-state index contributed by atoms with van der Waals surface area (Å²) in [5.74, 6) is 1.02. The number of aromatic amines is 1. The number of benzene rings is 1. The van der Waals surface area contributed by atoms with Crippen LogP contribution in [0.15, 0.2) is 31.0 Å². The van der Waals surface area contributed by atoms with Gasteiger partial charge >= 0.3 is 0 Å². The molecule has 0 atom stereocenters. The second-order valence-corrected chi connectivity index (χ2v) is 6.22. The van der Waals surface area contributed by atoms with Gasteiger partial charge in [-0.2, -0.15) is 5.10 Å². The number of rotatable bonds is 4. The second-order valence-electron chi connectivity index (χ2n) is 4.51. The average molecular weight is 430 g/mol. The predicted octanol–water partition coefficient (Wildman–Crippen LogP) is 3.37. The van der Waals surface area contributed by atoms with Crippen LogP contribution < -0.4 is 15.7 Å². The van der Waals surface area contributed by atoms with Crippen LogP contribution >= 0.6 is 31.9 Å². The van der Waals surface area contributed by atoms with Crippen molar-refractivity contribution in [1.29, 1.82) is 0 Å². The number of aromatic nitrogens is 2. The minimum Gasteiger partial charge on any atom is -0.494 e. The monoisotopic (exact) mass is 428 g/mol. The Morgan fingerprint density at radius 2 is 1.95 bits per heavy atom. The van der Waals surface area contributed by atoms with E-state index < -0.39 is 0 Å². The molecule has 1 aromatic heterocycles. The van der Waals surface area contributed by atoms with Crippen LogP contribution in [0.2, 0.25) is 0 Å². The molecule has 1 heterocycles. The summed E-state index contributed by atoms with van der Waals surface area (Å²) in [5.41, 5.74) is 4.63. The van der Waals surface area contributed by atoms with Crippen LogP contribution in [0, 0.1) is 13.8 Å². The van der Waals surface area contributed by atoms with E-state index in [1.807, 2.05) is 12.1 Å². The molecule has 0 unspecified atom stereocenters. The fourth-order valence-electron chi connectivity index (χ4n) is 1.72. The molecule has 0 saturated carbocycles. The summed E-state index contributed by atoms with van der Waals surface area (Å²) in [6.45, 7) is 3.50. The van der Waals surface area contributed by atoms with E-state index in [2.05, 4.69) is 52.4 Å². The summed E-state index contributed by atoms with van der Waals surface area (Å²) in [4.78, 5) is 18.5. The Balaban J connectivity index is 2.18. The molecule has 0 aliphatic rings. The summed E-state index contributed by atoms with van der Waals surface area (Å²) in [5, 5.41) is 4.07. The zero-order valence-corrected chi connectivity index (χ0v) is 15.4. The number of hydrazone groups is 1. The van der Waals surface area contributed by atoms with Gasteiger partial charge in [0.15, 0.2) is 0 Å². The zero-order chi connectivity index (χ0) is 16.3. The van der Waals surface area contributed by atoms with E-state index in [0.717, 1.165) is 14.5 Å². The number of hydrogen-bond donors (Lipinski definition) is 2. The number of anilines is 1. The SMILES string of the molecule is COc1c(Br)cc(/C=N\Nc2nc(C)c(C)c(=O)[nH]2)cc1Br. The van der Waals surface area contributed by atoms with E-state index in [1.165, 1.54) is 0 Å². The van der Waals surface area contributed by atoms with E-state index in [-0.39, 0.29) is 5.56 Å². The second kappa shape index (κ2) is 7.06. The fraction of sp³-hybridized carbons (Fsp3) is 0.214. The molecule has 2 aromatic rings. The lowest BCUT2D eigenvalue weighted by Crippen LogP contribution is -2.15. The van der Waals surface area contributed by atoms with Gasteiger partial charge in [0.25, 0.3) is 5.56 Å². The van der Waals surface area contributed by atoms with Gasteiger partial charge in [-0.15, -0.1) is 0 Å². The lowest BCUT2D eigenvalue weighted by molar-refractivity contribution is 0.409. The van der Waals surface area contributed by atoms with E-state index in [0.29, 0.717) is 23.0 Å². The van der Waals surface area contributed by atoms with Crippen molar-refractivity contribution in [3.8, 4) is 5.75 Å². The molecule has 0 fully saturated rings. The Morgan fingerprint density at radius 1 is 1.32 bits per heavy atom. The van der Waals surface area contributed by atoms with Gasteiger partial charge in [0, 0.05) is 11.3 Å². The minimum atomic E-state index is -0.180. The molecule has 0 aliphatic heterocycles. The quantitative estimate of drug-likeness (QED) is 0.576. The maximum Gasteiger partial charge on any atom is 0.255 e. The first-order valence-corrected chi connectivity index (χ1v) is 7.90.